The molecule has 5 N–H and O–H groups in total. The topological polar surface area (TPSA) is 204 Å². The van der Waals surface area contributed by atoms with Crippen LogP contribution in [0.2, 0.25) is 0 Å². The first-order chi connectivity index (χ1) is 21.9. The molecule has 46 heavy (non-hydrogen) atoms. The molecule has 0 aliphatic carbocycles. The quantitative estimate of drug-likeness (QED) is 0.0747. The Balaban J connectivity index is 1.24. The predicted octanol–water partition coefficient (Wildman–Crippen LogP) is 8.27. The molecule has 230 valence electrons. The number of anilines is 1. The molecule has 6 rings (SSSR count). The second-order valence-corrected chi connectivity index (χ2v) is 12.9. The summed E-state index contributed by atoms with van der Waals surface area (Å²) in [5.74, 6) is -0.302. The van der Waals surface area contributed by atoms with Gasteiger partial charge >= 0.3 is 0 Å². The molecule has 6 aromatic rings. The van der Waals surface area contributed by atoms with E-state index < -0.39 is 25.1 Å². The van der Waals surface area contributed by atoms with E-state index in [1.165, 1.54) is 30.3 Å². The summed E-state index contributed by atoms with van der Waals surface area (Å²) in [6, 6.07) is 28.9. The van der Waals surface area contributed by atoms with Crippen molar-refractivity contribution in [3.8, 4) is 16.9 Å². The van der Waals surface area contributed by atoms with E-state index >= 15 is 0 Å². The Morgan fingerprint density at radius 3 is 1.72 bits per heavy atom. The number of benzene rings is 6. The van der Waals surface area contributed by atoms with Crippen molar-refractivity contribution in [1.82, 2.24) is 0 Å². The van der Waals surface area contributed by atoms with Gasteiger partial charge in [-0.3, -0.25) is 9.11 Å². The number of nitrogens with zero attached hydrogens (tertiary/aromatic N) is 4. The summed E-state index contributed by atoms with van der Waals surface area (Å²) in [5, 5.41) is 28.2. The molecule has 12 nitrogen and oxygen atoms in total. The number of phenolic OH excluding ortho intramolecular Hbond substituents is 1. The van der Waals surface area contributed by atoms with Gasteiger partial charge in [0.1, 0.15) is 26.9 Å². The third-order valence-corrected chi connectivity index (χ3v) is 8.94. The summed E-state index contributed by atoms with van der Waals surface area (Å²) in [6.45, 7) is 0. The zero-order valence-corrected chi connectivity index (χ0v) is 25.2. The lowest BCUT2D eigenvalue weighted by Crippen LogP contribution is -2.01. The zero-order valence-electron chi connectivity index (χ0n) is 23.5. The minimum absolute atomic E-state index is 0.0461. The average molecular weight is 654 g/mol. The Hall–Kier alpha value is -5.54. The summed E-state index contributed by atoms with van der Waals surface area (Å²) in [5.41, 5.74) is 9.00. The van der Waals surface area contributed by atoms with Crippen LogP contribution in [0.3, 0.4) is 0 Å². The Morgan fingerprint density at radius 2 is 1.13 bits per heavy atom. The molecule has 14 heteroatoms. The molecule has 6 aromatic carbocycles. The standard InChI is InChI=1S/C32H23N5O7S2/c33-31-25-6-2-1-5-24(25)29(46(42,43)44)18-26(31)36-34-22-13-8-19(9-14-22)20-10-15-23(16-11-20)35-37-32-27(38)17-12-21-4-3-7-28(30(21)32)45(39,40)41/h1-18,38H,33H2,(H,39,40,41)(H,42,43,44). The van der Waals surface area contributed by atoms with E-state index in [0.29, 0.717) is 22.1 Å². The van der Waals surface area contributed by atoms with Gasteiger partial charge in [-0.25, -0.2) is 0 Å². The molecule has 0 unspecified atom stereocenters. The zero-order chi connectivity index (χ0) is 32.6. The van der Waals surface area contributed by atoms with E-state index in [1.54, 1.807) is 66.7 Å². The molecule has 0 aliphatic heterocycles. The minimum atomic E-state index is -4.59. The SMILES string of the molecule is Nc1c(N=Nc2ccc(-c3ccc(N=Nc4c(O)ccc5cccc(S(=O)(=O)O)c45)cc3)cc2)cc(S(=O)(=O)O)c2ccccc12. The van der Waals surface area contributed by atoms with Crippen molar-refractivity contribution >= 4 is 70.2 Å². The summed E-state index contributed by atoms with van der Waals surface area (Å²) in [6.07, 6.45) is 0. The number of nitrogens with two attached hydrogens (primary N) is 1. The second-order valence-electron chi connectivity index (χ2n) is 10.1. The van der Waals surface area contributed by atoms with Crippen LogP contribution >= 0.6 is 0 Å². The van der Waals surface area contributed by atoms with Gasteiger partial charge in [-0.1, -0.05) is 66.7 Å². The van der Waals surface area contributed by atoms with Crippen molar-refractivity contribution in [3.05, 3.63) is 109 Å². The van der Waals surface area contributed by atoms with Crippen LogP contribution in [-0.2, 0) is 20.2 Å². The first-order valence-electron chi connectivity index (χ1n) is 13.4. The number of aromatic hydroxyl groups is 1. The third-order valence-electron chi connectivity index (χ3n) is 7.15. The van der Waals surface area contributed by atoms with E-state index in [4.69, 9.17) is 5.73 Å². The van der Waals surface area contributed by atoms with Gasteiger partial charge in [0.2, 0.25) is 0 Å². The van der Waals surface area contributed by atoms with Crippen molar-refractivity contribution in [3.63, 3.8) is 0 Å². The normalized spacial score (nSPS) is 12.5. The number of nitrogen functional groups attached to an aromatic ring is 1. The van der Waals surface area contributed by atoms with Crippen molar-refractivity contribution in [2.75, 3.05) is 5.73 Å². The number of hydrogen-bond donors (Lipinski definition) is 4. The van der Waals surface area contributed by atoms with Crippen molar-refractivity contribution in [2.24, 2.45) is 20.5 Å². The molecule has 0 saturated heterocycles. The van der Waals surface area contributed by atoms with Gasteiger partial charge in [-0.15, -0.1) is 10.2 Å². The highest BCUT2D eigenvalue weighted by molar-refractivity contribution is 7.86. The largest absolute Gasteiger partial charge is 0.506 e. The van der Waals surface area contributed by atoms with Crippen LogP contribution in [0.25, 0.3) is 32.7 Å². The predicted molar refractivity (Wildman–Crippen MR) is 174 cm³/mol. The van der Waals surface area contributed by atoms with Crippen molar-refractivity contribution in [1.29, 1.82) is 0 Å². The van der Waals surface area contributed by atoms with Crippen LogP contribution in [0.4, 0.5) is 28.4 Å². The lowest BCUT2D eigenvalue weighted by molar-refractivity contribution is 0.476. The summed E-state index contributed by atoms with van der Waals surface area (Å²) < 4.78 is 67.2. The summed E-state index contributed by atoms with van der Waals surface area (Å²) in [7, 11) is -9.13. The maximum atomic E-state index is 12.0. The van der Waals surface area contributed by atoms with Gasteiger partial charge in [-0.2, -0.15) is 27.1 Å². The third kappa shape index (κ3) is 6.05. The maximum absolute atomic E-state index is 12.0. The highest BCUT2D eigenvalue weighted by Crippen LogP contribution is 2.40. The van der Waals surface area contributed by atoms with Crippen LogP contribution in [0.1, 0.15) is 0 Å². The molecular formula is C32H23N5O7S2. The van der Waals surface area contributed by atoms with Gasteiger partial charge in [0.25, 0.3) is 20.2 Å². The smallest absolute Gasteiger partial charge is 0.295 e. The lowest BCUT2D eigenvalue weighted by Gasteiger charge is -2.09. The van der Waals surface area contributed by atoms with Crippen LogP contribution < -0.4 is 5.73 Å². The molecule has 0 heterocycles. The van der Waals surface area contributed by atoms with Crippen molar-refractivity contribution < 1.29 is 31.0 Å². The second kappa shape index (κ2) is 11.8. The van der Waals surface area contributed by atoms with E-state index in [9.17, 15) is 31.0 Å². The fourth-order valence-electron chi connectivity index (χ4n) is 4.94. The molecule has 0 spiro atoms. The number of azo groups is 2. The van der Waals surface area contributed by atoms with Gasteiger partial charge < -0.3 is 10.8 Å². The van der Waals surface area contributed by atoms with Gasteiger partial charge in [0.05, 0.1) is 17.1 Å². The molecule has 0 bridgehead atoms. The monoisotopic (exact) mass is 653 g/mol. The molecule has 0 saturated carbocycles. The maximum Gasteiger partial charge on any atom is 0.295 e. The van der Waals surface area contributed by atoms with E-state index in [0.717, 1.165) is 11.1 Å². The highest BCUT2D eigenvalue weighted by atomic mass is 32.2. The number of fused-ring (bicyclic) bond motifs is 2. The lowest BCUT2D eigenvalue weighted by atomic mass is 10.1. The van der Waals surface area contributed by atoms with Crippen LogP contribution in [0.5, 0.6) is 5.75 Å². The van der Waals surface area contributed by atoms with Crippen LogP contribution in [-0.4, -0.2) is 31.0 Å². The fraction of sp³-hybridized carbons (Fsp3) is 0. The number of phenols is 1. The molecule has 0 aromatic heterocycles. The molecule has 0 radical (unpaired) electrons. The highest BCUT2D eigenvalue weighted by Gasteiger charge is 2.20. The molecular weight excluding hydrogens is 631 g/mol. The molecule has 0 fully saturated rings. The van der Waals surface area contributed by atoms with Crippen LogP contribution in [0, 0.1) is 0 Å². The van der Waals surface area contributed by atoms with E-state index in [1.807, 2.05) is 12.1 Å². The minimum Gasteiger partial charge on any atom is -0.506 e. The molecule has 0 atom stereocenters. The first kappa shape index (κ1) is 30.5. The van der Waals surface area contributed by atoms with Crippen LogP contribution in [0.15, 0.2) is 139 Å². The average Bonchev–Trinajstić information content (AvgIpc) is 3.03. The summed E-state index contributed by atoms with van der Waals surface area (Å²) >= 11 is 0. The fourth-order valence-corrected chi connectivity index (χ4v) is 6.38. The van der Waals surface area contributed by atoms with Crippen molar-refractivity contribution in [2.45, 2.75) is 9.79 Å². The van der Waals surface area contributed by atoms with Gasteiger partial charge in [0.15, 0.2) is 0 Å². The Morgan fingerprint density at radius 1 is 0.565 bits per heavy atom. The number of rotatable bonds is 7. The van der Waals surface area contributed by atoms with Gasteiger partial charge in [-0.05, 0) is 59.0 Å². The first-order valence-corrected chi connectivity index (χ1v) is 16.3. The Bertz CT molecular complexity index is 2430. The Kier molecular flexibility index (Phi) is 7.79. The number of hydrogen-bond acceptors (Lipinski definition) is 10. The molecule has 0 aliphatic rings. The summed E-state index contributed by atoms with van der Waals surface area (Å²) in [4.78, 5) is -0.710. The van der Waals surface area contributed by atoms with Gasteiger partial charge in [0, 0.05) is 16.2 Å². The van der Waals surface area contributed by atoms with E-state index in [2.05, 4.69) is 20.5 Å². The Labute approximate surface area is 262 Å². The van der Waals surface area contributed by atoms with E-state index in [-0.39, 0.29) is 38.5 Å². The molecule has 0 amide bonds.